The molecular weight excluding hydrogens is 336 g/mol. The molecule has 0 saturated carbocycles. The summed E-state index contributed by atoms with van der Waals surface area (Å²) in [6.07, 6.45) is 3.03. The zero-order valence-electron chi connectivity index (χ0n) is 15.5. The van der Waals surface area contributed by atoms with E-state index in [4.69, 9.17) is 0 Å². The second kappa shape index (κ2) is 7.07. The van der Waals surface area contributed by atoms with Crippen LogP contribution < -0.4 is 0 Å². The molecule has 0 spiro atoms. The van der Waals surface area contributed by atoms with Crippen molar-refractivity contribution in [1.29, 1.82) is 0 Å². The summed E-state index contributed by atoms with van der Waals surface area (Å²) < 4.78 is 28.4. The second-order valence-electron chi connectivity index (χ2n) is 7.29. The quantitative estimate of drug-likeness (QED) is 0.853. The van der Waals surface area contributed by atoms with Crippen molar-refractivity contribution in [1.82, 2.24) is 18.5 Å². The Morgan fingerprint density at radius 1 is 1.24 bits per heavy atom. The number of aromatic nitrogens is 1. The molecule has 7 heteroatoms. The first-order valence-electron chi connectivity index (χ1n) is 8.79. The van der Waals surface area contributed by atoms with E-state index in [-0.39, 0.29) is 6.04 Å². The summed E-state index contributed by atoms with van der Waals surface area (Å²) in [5, 5.41) is 1.19. The maximum atomic E-state index is 12.6. The van der Waals surface area contributed by atoms with E-state index < -0.39 is 10.2 Å². The molecular formula is C18H28N4O2S. The summed E-state index contributed by atoms with van der Waals surface area (Å²) in [6, 6.07) is 6.19. The van der Waals surface area contributed by atoms with Crippen LogP contribution in [0, 0.1) is 0 Å². The van der Waals surface area contributed by atoms with Crippen molar-refractivity contribution in [2.24, 2.45) is 0 Å². The molecule has 0 bridgehead atoms. The van der Waals surface area contributed by atoms with Crippen molar-refractivity contribution in [3.63, 3.8) is 0 Å². The number of rotatable bonds is 6. The van der Waals surface area contributed by atoms with Crippen LogP contribution in [-0.4, -0.2) is 66.7 Å². The van der Waals surface area contributed by atoms with Gasteiger partial charge in [0.05, 0.1) is 0 Å². The fourth-order valence-corrected chi connectivity index (χ4v) is 5.12. The van der Waals surface area contributed by atoms with Crippen molar-refractivity contribution in [3.05, 3.63) is 35.5 Å². The third-order valence-electron chi connectivity index (χ3n) is 4.79. The highest BCUT2D eigenvalue weighted by Crippen LogP contribution is 2.25. The summed E-state index contributed by atoms with van der Waals surface area (Å²) in [5.41, 5.74) is 3.41. The lowest BCUT2D eigenvalue weighted by Crippen LogP contribution is -2.36. The van der Waals surface area contributed by atoms with Crippen LogP contribution in [0.5, 0.6) is 0 Å². The van der Waals surface area contributed by atoms with Crippen LogP contribution in [0.1, 0.15) is 25.0 Å². The van der Waals surface area contributed by atoms with Gasteiger partial charge in [0, 0.05) is 49.3 Å². The largest absolute Gasteiger partial charge is 0.361 e. The standard InChI is InChI=1S/C18H28N4O2S/c1-14(2)22-10-9-21(25(22,23)24)13-15-5-6-18-17(11-15)16(12-19-18)7-8-20(3)4/h5-6,11-12,14,19H,7-10,13H2,1-4H3. The van der Waals surface area contributed by atoms with Gasteiger partial charge in [-0.1, -0.05) is 6.07 Å². The van der Waals surface area contributed by atoms with Crippen LogP contribution >= 0.6 is 0 Å². The van der Waals surface area contributed by atoms with Gasteiger partial charge in [-0.15, -0.1) is 0 Å². The maximum Gasteiger partial charge on any atom is 0.282 e. The van der Waals surface area contributed by atoms with Crippen molar-refractivity contribution < 1.29 is 8.42 Å². The molecule has 1 aliphatic rings. The number of likely N-dealkylation sites (N-methyl/N-ethyl adjacent to an activating group) is 1. The topological polar surface area (TPSA) is 59.6 Å². The third-order valence-corrected chi connectivity index (χ3v) is 6.95. The van der Waals surface area contributed by atoms with Gasteiger partial charge in [-0.05, 0) is 57.6 Å². The molecule has 1 aromatic carbocycles. The molecule has 1 saturated heterocycles. The third kappa shape index (κ3) is 3.74. The van der Waals surface area contributed by atoms with Gasteiger partial charge in [0.1, 0.15) is 0 Å². The molecule has 0 aliphatic carbocycles. The highest BCUT2D eigenvalue weighted by Gasteiger charge is 2.37. The number of fused-ring (bicyclic) bond motifs is 1. The van der Waals surface area contributed by atoms with Crippen LogP contribution in [0.15, 0.2) is 24.4 Å². The van der Waals surface area contributed by atoms with Crippen LogP contribution in [0.4, 0.5) is 0 Å². The molecule has 1 aliphatic heterocycles. The minimum absolute atomic E-state index is 0.000194. The molecule has 0 radical (unpaired) electrons. The van der Waals surface area contributed by atoms with Crippen molar-refractivity contribution in [3.8, 4) is 0 Å². The van der Waals surface area contributed by atoms with E-state index in [1.165, 1.54) is 10.9 Å². The number of benzene rings is 1. The first-order chi connectivity index (χ1) is 11.8. The number of aromatic amines is 1. The fourth-order valence-electron chi connectivity index (χ4n) is 3.35. The Labute approximate surface area is 150 Å². The first kappa shape index (κ1) is 18.4. The smallest absolute Gasteiger partial charge is 0.282 e. The van der Waals surface area contributed by atoms with E-state index in [1.54, 1.807) is 8.61 Å². The zero-order valence-corrected chi connectivity index (χ0v) is 16.3. The van der Waals surface area contributed by atoms with Gasteiger partial charge in [-0.2, -0.15) is 17.0 Å². The minimum Gasteiger partial charge on any atom is -0.361 e. The van der Waals surface area contributed by atoms with E-state index in [9.17, 15) is 8.42 Å². The highest BCUT2D eigenvalue weighted by molar-refractivity contribution is 7.87. The summed E-state index contributed by atoms with van der Waals surface area (Å²) in [4.78, 5) is 5.48. The Morgan fingerprint density at radius 3 is 2.64 bits per heavy atom. The van der Waals surface area contributed by atoms with Gasteiger partial charge in [-0.25, -0.2) is 0 Å². The van der Waals surface area contributed by atoms with Crippen molar-refractivity contribution in [2.45, 2.75) is 32.9 Å². The number of H-pyrrole nitrogens is 1. The lowest BCUT2D eigenvalue weighted by molar-refractivity contribution is 0.387. The van der Waals surface area contributed by atoms with Gasteiger partial charge in [0.15, 0.2) is 0 Å². The van der Waals surface area contributed by atoms with E-state index in [0.29, 0.717) is 19.6 Å². The van der Waals surface area contributed by atoms with Crippen LogP contribution in [0.3, 0.4) is 0 Å². The van der Waals surface area contributed by atoms with E-state index in [2.05, 4.69) is 36.2 Å². The predicted octanol–water partition coefficient (Wildman–Crippen LogP) is 2.04. The molecule has 2 aromatic rings. The van der Waals surface area contributed by atoms with Gasteiger partial charge < -0.3 is 9.88 Å². The molecule has 3 rings (SSSR count). The molecule has 25 heavy (non-hydrogen) atoms. The Balaban J connectivity index is 1.81. The molecule has 2 heterocycles. The molecule has 0 amide bonds. The second-order valence-corrected chi connectivity index (χ2v) is 9.17. The fraction of sp³-hybridized carbons (Fsp3) is 0.556. The van der Waals surface area contributed by atoms with Gasteiger partial charge in [0.2, 0.25) is 0 Å². The lowest BCUT2D eigenvalue weighted by Gasteiger charge is -2.21. The summed E-state index contributed by atoms with van der Waals surface area (Å²) in [7, 11) is 0.792. The Hall–Kier alpha value is -1.41. The minimum atomic E-state index is -3.34. The Morgan fingerprint density at radius 2 is 2.00 bits per heavy atom. The number of hydrogen-bond acceptors (Lipinski definition) is 3. The summed E-state index contributed by atoms with van der Waals surface area (Å²) in [5.74, 6) is 0. The Kier molecular flexibility index (Phi) is 5.20. The van der Waals surface area contributed by atoms with E-state index in [0.717, 1.165) is 24.0 Å². The number of hydrogen-bond donors (Lipinski definition) is 1. The average Bonchev–Trinajstić information content (AvgIpc) is 3.06. The first-order valence-corrected chi connectivity index (χ1v) is 10.2. The molecule has 138 valence electrons. The van der Waals surface area contributed by atoms with E-state index in [1.807, 2.05) is 26.0 Å². The summed E-state index contributed by atoms with van der Waals surface area (Å²) >= 11 is 0. The van der Waals surface area contributed by atoms with Crippen molar-refractivity contribution >= 4 is 21.1 Å². The number of nitrogens with one attached hydrogen (secondary N) is 1. The molecule has 1 fully saturated rings. The normalized spacial score (nSPS) is 18.8. The molecule has 6 nitrogen and oxygen atoms in total. The van der Waals surface area contributed by atoms with Gasteiger partial charge in [-0.3, -0.25) is 0 Å². The van der Waals surface area contributed by atoms with Crippen LogP contribution in [0.2, 0.25) is 0 Å². The average molecular weight is 365 g/mol. The van der Waals surface area contributed by atoms with Gasteiger partial charge in [0.25, 0.3) is 10.2 Å². The number of nitrogens with zero attached hydrogens (tertiary/aromatic N) is 3. The highest BCUT2D eigenvalue weighted by atomic mass is 32.2. The van der Waals surface area contributed by atoms with E-state index >= 15 is 0 Å². The lowest BCUT2D eigenvalue weighted by atomic mass is 10.1. The SMILES string of the molecule is CC(C)N1CCN(Cc2ccc3[nH]cc(CCN(C)C)c3c2)S1(=O)=O. The van der Waals surface area contributed by atoms with Crippen molar-refractivity contribution in [2.75, 3.05) is 33.7 Å². The van der Waals surface area contributed by atoms with Gasteiger partial charge >= 0.3 is 0 Å². The summed E-state index contributed by atoms with van der Waals surface area (Å²) in [6.45, 7) is 6.38. The Bertz CT molecular complexity index is 842. The van der Waals surface area contributed by atoms with Crippen LogP contribution in [-0.2, 0) is 23.2 Å². The zero-order chi connectivity index (χ0) is 18.2. The van der Waals surface area contributed by atoms with Crippen LogP contribution in [0.25, 0.3) is 10.9 Å². The monoisotopic (exact) mass is 364 g/mol. The predicted molar refractivity (Wildman–Crippen MR) is 102 cm³/mol. The molecule has 1 aromatic heterocycles. The molecule has 1 N–H and O–H groups in total. The maximum absolute atomic E-state index is 12.6. The molecule has 0 atom stereocenters. The molecule has 0 unspecified atom stereocenters.